The van der Waals surface area contributed by atoms with Crippen molar-refractivity contribution >= 4 is 5.91 Å². The second kappa shape index (κ2) is 6.49. The molecule has 0 aromatic heterocycles. The van der Waals surface area contributed by atoms with Crippen LogP contribution >= 0.6 is 0 Å². The second-order valence-corrected chi connectivity index (χ2v) is 4.57. The van der Waals surface area contributed by atoms with Crippen LogP contribution in [0.1, 0.15) is 32.1 Å². The van der Waals surface area contributed by atoms with Crippen molar-refractivity contribution in [3.63, 3.8) is 0 Å². The molecule has 4 heteroatoms. The molecule has 0 atom stereocenters. The summed E-state index contributed by atoms with van der Waals surface area (Å²) in [5, 5.41) is 8.57. The second-order valence-electron chi connectivity index (χ2n) is 4.57. The van der Waals surface area contributed by atoms with Gasteiger partial charge in [-0.05, 0) is 25.8 Å². The minimum absolute atomic E-state index is 0.191. The van der Waals surface area contributed by atoms with Crippen molar-refractivity contribution in [2.24, 2.45) is 0 Å². The summed E-state index contributed by atoms with van der Waals surface area (Å²) in [5.41, 5.74) is 0. The zero-order chi connectivity index (χ0) is 12.0. The summed E-state index contributed by atoms with van der Waals surface area (Å²) in [5.74, 6) is 0.191. The van der Waals surface area contributed by atoms with E-state index in [2.05, 4.69) is 11.0 Å². The summed E-state index contributed by atoms with van der Waals surface area (Å²) in [6.07, 6.45) is 4.62. The van der Waals surface area contributed by atoms with Crippen LogP contribution in [0, 0.1) is 11.3 Å². The summed E-state index contributed by atoms with van der Waals surface area (Å²) < 4.78 is 0. The fraction of sp³-hybridized carbons (Fsp3) is 0.833. The zero-order valence-corrected chi connectivity index (χ0v) is 10.3. The van der Waals surface area contributed by atoms with Crippen molar-refractivity contribution in [1.29, 1.82) is 5.26 Å². The quantitative estimate of drug-likeness (QED) is 0.652. The van der Waals surface area contributed by atoms with Crippen LogP contribution in [0.2, 0.25) is 0 Å². The van der Waals surface area contributed by atoms with Crippen LogP contribution in [0.5, 0.6) is 0 Å². The maximum Gasteiger partial charge on any atom is 0.222 e. The van der Waals surface area contributed by atoms with Crippen molar-refractivity contribution in [1.82, 2.24) is 9.80 Å². The Morgan fingerprint density at radius 1 is 1.38 bits per heavy atom. The number of amides is 1. The molecule has 0 spiro atoms. The number of carbonyl (C=O) groups is 1. The molecule has 0 aliphatic heterocycles. The Labute approximate surface area is 97.8 Å². The Bertz CT molecular complexity index is 266. The summed E-state index contributed by atoms with van der Waals surface area (Å²) in [6.45, 7) is 1.81. The lowest BCUT2D eigenvalue weighted by atomic mass is 10.2. The van der Waals surface area contributed by atoms with E-state index in [1.807, 2.05) is 0 Å². The van der Waals surface area contributed by atoms with Gasteiger partial charge in [-0.2, -0.15) is 5.26 Å². The molecule has 1 amide bonds. The van der Waals surface area contributed by atoms with Gasteiger partial charge in [-0.15, -0.1) is 0 Å². The molecule has 0 aromatic rings. The molecule has 1 saturated carbocycles. The molecular weight excluding hydrogens is 202 g/mol. The van der Waals surface area contributed by atoms with Crippen LogP contribution in [-0.4, -0.2) is 48.9 Å². The molecule has 0 saturated heterocycles. The van der Waals surface area contributed by atoms with Gasteiger partial charge in [-0.3, -0.25) is 9.69 Å². The van der Waals surface area contributed by atoms with Crippen molar-refractivity contribution in [2.75, 3.05) is 27.2 Å². The number of hydrogen-bond donors (Lipinski definition) is 0. The van der Waals surface area contributed by atoms with Crippen molar-refractivity contribution in [3.8, 4) is 6.07 Å². The zero-order valence-electron chi connectivity index (χ0n) is 10.3. The summed E-state index contributed by atoms with van der Waals surface area (Å²) in [6, 6.07) is 2.86. The van der Waals surface area contributed by atoms with Crippen LogP contribution in [-0.2, 0) is 4.79 Å². The van der Waals surface area contributed by atoms with Gasteiger partial charge < -0.3 is 4.90 Å². The Morgan fingerprint density at radius 3 is 2.56 bits per heavy atom. The molecule has 0 N–H and O–H groups in total. The van der Waals surface area contributed by atoms with E-state index in [-0.39, 0.29) is 5.91 Å². The Morgan fingerprint density at radius 2 is 2.06 bits per heavy atom. The number of hydrogen-bond acceptors (Lipinski definition) is 3. The lowest BCUT2D eigenvalue weighted by Crippen LogP contribution is -2.29. The largest absolute Gasteiger partial charge is 0.349 e. The van der Waals surface area contributed by atoms with Crippen LogP contribution < -0.4 is 0 Å². The smallest absolute Gasteiger partial charge is 0.222 e. The standard InChI is InChI=1S/C12H21N3O/c1-14(2)12(16)5-3-9-15(10-4-8-13)11-6-7-11/h11H,3-7,9-10H2,1-2H3. The van der Waals surface area contributed by atoms with Gasteiger partial charge in [-0.1, -0.05) is 0 Å². The van der Waals surface area contributed by atoms with Crippen LogP contribution in [0.3, 0.4) is 0 Å². The van der Waals surface area contributed by atoms with E-state index in [9.17, 15) is 4.79 Å². The van der Waals surface area contributed by atoms with Crippen LogP contribution in [0.4, 0.5) is 0 Å². The van der Waals surface area contributed by atoms with Gasteiger partial charge in [0.15, 0.2) is 0 Å². The Hall–Kier alpha value is -1.08. The molecule has 0 bridgehead atoms. The van der Waals surface area contributed by atoms with Crippen LogP contribution in [0.25, 0.3) is 0 Å². The molecule has 90 valence electrons. The highest BCUT2D eigenvalue weighted by atomic mass is 16.2. The first-order valence-electron chi connectivity index (χ1n) is 5.96. The fourth-order valence-corrected chi connectivity index (χ4v) is 1.77. The number of carbonyl (C=O) groups excluding carboxylic acids is 1. The lowest BCUT2D eigenvalue weighted by Gasteiger charge is -2.20. The molecule has 16 heavy (non-hydrogen) atoms. The van der Waals surface area contributed by atoms with Crippen molar-refractivity contribution in [2.45, 2.75) is 38.1 Å². The monoisotopic (exact) mass is 223 g/mol. The van der Waals surface area contributed by atoms with Gasteiger partial charge in [0.25, 0.3) is 0 Å². The molecule has 4 nitrogen and oxygen atoms in total. The highest BCUT2D eigenvalue weighted by Gasteiger charge is 2.28. The number of nitriles is 1. The van der Waals surface area contributed by atoms with E-state index in [0.29, 0.717) is 18.9 Å². The normalized spacial score (nSPS) is 14.9. The van der Waals surface area contributed by atoms with E-state index in [0.717, 1.165) is 19.5 Å². The molecule has 1 rings (SSSR count). The third kappa shape index (κ3) is 4.63. The first-order valence-corrected chi connectivity index (χ1v) is 5.96. The molecule has 1 aliphatic carbocycles. The van der Waals surface area contributed by atoms with Crippen molar-refractivity contribution in [3.05, 3.63) is 0 Å². The molecule has 0 radical (unpaired) electrons. The Kier molecular flexibility index (Phi) is 5.27. The van der Waals surface area contributed by atoms with E-state index in [1.165, 1.54) is 12.8 Å². The third-order valence-electron chi connectivity index (χ3n) is 2.91. The average Bonchev–Trinajstić information content (AvgIpc) is 3.06. The van der Waals surface area contributed by atoms with E-state index < -0.39 is 0 Å². The SMILES string of the molecule is CN(C)C(=O)CCCN(CCC#N)C1CC1. The number of rotatable bonds is 7. The minimum atomic E-state index is 0.191. The summed E-state index contributed by atoms with van der Waals surface area (Å²) in [4.78, 5) is 15.4. The lowest BCUT2D eigenvalue weighted by molar-refractivity contribution is -0.128. The third-order valence-corrected chi connectivity index (χ3v) is 2.91. The molecule has 0 heterocycles. The van der Waals surface area contributed by atoms with Gasteiger partial charge in [0.1, 0.15) is 0 Å². The van der Waals surface area contributed by atoms with Gasteiger partial charge >= 0.3 is 0 Å². The van der Waals surface area contributed by atoms with Gasteiger partial charge in [0.2, 0.25) is 5.91 Å². The van der Waals surface area contributed by atoms with E-state index in [4.69, 9.17) is 5.26 Å². The minimum Gasteiger partial charge on any atom is -0.349 e. The molecule has 1 aliphatic rings. The first kappa shape index (κ1) is 13.0. The molecular formula is C12H21N3O. The maximum absolute atomic E-state index is 11.4. The first-order chi connectivity index (χ1) is 7.65. The van der Waals surface area contributed by atoms with Gasteiger partial charge in [0.05, 0.1) is 6.07 Å². The molecule has 0 aromatic carbocycles. The predicted octanol–water partition coefficient (Wildman–Crippen LogP) is 1.23. The molecule has 1 fully saturated rings. The maximum atomic E-state index is 11.4. The fourth-order valence-electron chi connectivity index (χ4n) is 1.77. The van der Waals surface area contributed by atoms with E-state index >= 15 is 0 Å². The Balaban J connectivity index is 2.17. The van der Waals surface area contributed by atoms with Crippen molar-refractivity contribution < 1.29 is 4.79 Å². The van der Waals surface area contributed by atoms with Gasteiger partial charge in [-0.25, -0.2) is 0 Å². The number of nitrogens with zero attached hydrogens (tertiary/aromatic N) is 3. The highest BCUT2D eigenvalue weighted by molar-refractivity contribution is 5.75. The predicted molar refractivity (Wildman–Crippen MR) is 62.8 cm³/mol. The molecule has 0 unspecified atom stereocenters. The summed E-state index contributed by atoms with van der Waals surface area (Å²) in [7, 11) is 3.58. The van der Waals surface area contributed by atoms with E-state index in [1.54, 1.807) is 19.0 Å². The summed E-state index contributed by atoms with van der Waals surface area (Å²) >= 11 is 0. The van der Waals surface area contributed by atoms with Gasteiger partial charge in [0, 0.05) is 39.5 Å². The average molecular weight is 223 g/mol. The van der Waals surface area contributed by atoms with Crippen LogP contribution in [0.15, 0.2) is 0 Å². The highest BCUT2D eigenvalue weighted by Crippen LogP contribution is 2.27. The topological polar surface area (TPSA) is 47.3 Å².